The highest BCUT2D eigenvalue weighted by Gasteiger charge is 1.92. The molecule has 0 heterocycles. The van der Waals surface area contributed by atoms with Gasteiger partial charge in [-0.2, -0.15) is 4.39 Å². The Morgan fingerprint density at radius 2 is 1.50 bits per heavy atom. The fourth-order valence-corrected chi connectivity index (χ4v) is 0.260. The number of rotatable bonds is 3. The molecule has 2 N–H and O–H groups in total. The van der Waals surface area contributed by atoms with Gasteiger partial charge in [0.05, 0.1) is 0 Å². The Balaban J connectivity index is -0.0000000596. The van der Waals surface area contributed by atoms with Crippen molar-refractivity contribution in [1.29, 1.82) is 0 Å². The number of nitrogens with zero attached hydrogens (tertiary/aromatic N) is 1. The lowest BCUT2D eigenvalue weighted by atomic mass is 11.0. The number of ether oxygens (including phenoxy) is 1. The topological polar surface area (TPSA) is 62.7 Å². The molecule has 2 amide bonds. The van der Waals surface area contributed by atoms with E-state index >= 15 is 0 Å². The fourth-order valence-electron chi connectivity index (χ4n) is 0.260. The average molecular weight is 301 g/mol. The second-order valence-corrected chi connectivity index (χ2v) is 1.28. The molecule has 0 saturated heterocycles. The third kappa shape index (κ3) is 63.9. The maximum absolute atomic E-state index is 11.1. The van der Waals surface area contributed by atoms with Crippen molar-refractivity contribution in [1.82, 2.24) is 10.7 Å². The van der Waals surface area contributed by atoms with Crippen LogP contribution in [0.15, 0.2) is 5.10 Å². The van der Waals surface area contributed by atoms with Crippen molar-refractivity contribution in [3.63, 3.8) is 0 Å². The van der Waals surface area contributed by atoms with E-state index in [0.29, 0.717) is 0 Å². The van der Waals surface area contributed by atoms with Gasteiger partial charge in [0.25, 0.3) is 0 Å². The molecule has 0 aromatic carbocycles. The molecule has 0 aliphatic rings. The summed E-state index contributed by atoms with van der Waals surface area (Å²) in [6.07, 6.45) is 0. The molecule has 0 aromatic rings. The highest BCUT2D eigenvalue weighted by atomic mass is 20.0. The predicted octanol–water partition coefficient (Wildman–Crippen LogP) is 3.16. The van der Waals surface area contributed by atoms with Crippen LogP contribution in [0.25, 0.3) is 0 Å². The lowest BCUT2D eigenvalue weighted by Crippen LogP contribution is -2.33. The van der Waals surface area contributed by atoms with Gasteiger partial charge in [-0.15, -0.1) is 5.10 Å². The van der Waals surface area contributed by atoms with Gasteiger partial charge in [-0.1, -0.05) is 0 Å². The zero-order valence-electron chi connectivity index (χ0n) is 8.45. The smallest absolute Gasteiger partial charge is 0.337 e. The number of urea groups is 1. The average Bonchev–Trinajstić information content (AvgIpc) is 2.51. The van der Waals surface area contributed by atoms with Crippen molar-refractivity contribution in [3.8, 4) is 0 Å². The largest absolute Gasteiger partial charge is 0.364 e. The van der Waals surface area contributed by atoms with Crippen LogP contribution in [-0.4, -0.2) is 26.3 Å². The van der Waals surface area contributed by atoms with Gasteiger partial charge >= 0.3 is 6.03 Å². The molecule has 114 valence electrons. The lowest BCUT2D eigenvalue weighted by molar-refractivity contribution is 0.108. The normalized spacial score (nSPS) is 6.78. The van der Waals surface area contributed by atoms with Crippen molar-refractivity contribution >= 4 is 12.5 Å². The fraction of sp³-hybridized carbons (Fsp3) is 0.500. The third-order valence-corrected chi connectivity index (χ3v) is 0.592. The van der Waals surface area contributed by atoms with E-state index in [-0.39, 0.29) is 13.2 Å². The lowest BCUT2D eigenvalue weighted by Gasteiger charge is -1.99. The summed E-state index contributed by atoms with van der Waals surface area (Å²) in [6, 6.07) is -0.615. The van der Waals surface area contributed by atoms with Crippen LogP contribution >= 0.6 is 0 Å². The first-order valence-electron chi connectivity index (χ1n) is 3.03. The Bertz CT molecular complexity index is 141. The quantitative estimate of drug-likeness (QED) is 0.364. The first kappa shape index (κ1) is 29.9. The number of amides is 2. The zero-order chi connectivity index (χ0) is 15.8. The second kappa shape index (κ2) is 58.8. The van der Waals surface area contributed by atoms with Crippen molar-refractivity contribution < 1.29 is 50.5 Å². The van der Waals surface area contributed by atoms with Crippen molar-refractivity contribution in [2.24, 2.45) is 5.10 Å². The van der Waals surface area contributed by atoms with Gasteiger partial charge in [0, 0.05) is 43.7 Å². The highest BCUT2D eigenvalue weighted by Crippen LogP contribution is 1.65. The number of hydrogen-bond acceptors (Lipinski definition) is 3. The molecule has 0 saturated carbocycles. The Morgan fingerprint density at radius 3 is 1.78 bits per heavy atom. The van der Waals surface area contributed by atoms with Crippen LogP contribution in [0.1, 0.15) is 0 Å². The first-order chi connectivity index (χ1) is 8.81. The van der Waals surface area contributed by atoms with E-state index in [0.717, 1.165) is 0 Å². The van der Waals surface area contributed by atoms with E-state index in [4.69, 9.17) is 36.6 Å². The summed E-state index contributed by atoms with van der Waals surface area (Å²) in [6.45, 7) is 0.0417. The van der Waals surface area contributed by atoms with E-state index in [1.165, 1.54) is 7.11 Å². The van der Waals surface area contributed by atoms with Crippen molar-refractivity contribution in [2.45, 2.75) is 0 Å². The van der Waals surface area contributed by atoms with Crippen LogP contribution in [0.4, 0.5) is 45.8 Å². The molecule has 0 spiro atoms. The summed E-state index contributed by atoms with van der Waals surface area (Å²) in [5.41, 5.74) is 1.83. The Hall–Kier alpha value is -1.73. The molecule has 0 aliphatic heterocycles. The van der Waals surface area contributed by atoms with Gasteiger partial charge < -0.3 is 10.1 Å². The highest BCUT2D eigenvalue weighted by molar-refractivity contribution is 5.73. The monoisotopic (exact) mass is 301 g/mol. The number of methoxy groups -OCH3 is 1. The molecule has 0 atom stereocenters. The molecule has 0 rings (SSSR count). The van der Waals surface area contributed by atoms with Gasteiger partial charge in [-0.05, 0) is 0 Å². The predicted molar refractivity (Wildman–Crippen MR) is 42.0 cm³/mol. The number of halogens is 9. The minimum Gasteiger partial charge on any atom is -0.364 e. The number of hydrogen-bond donors (Lipinski definition) is 2. The first-order valence-corrected chi connectivity index (χ1v) is 3.03. The van der Waals surface area contributed by atoms with E-state index in [2.05, 4.69) is 15.2 Å². The maximum atomic E-state index is 11.1. The molecule has 0 fully saturated rings. The van der Waals surface area contributed by atoms with Gasteiger partial charge in [-0.25, -0.2) is 10.2 Å². The second-order valence-electron chi connectivity index (χ2n) is 1.28. The minimum absolute atomic E-state index is 0.0214. The number of carbonyl (C=O) groups excluding carboxylic acids is 1. The minimum atomic E-state index is -0.615. The van der Waals surface area contributed by atoms with Crippen molar-refractivity contribution in [3.05, 3.63) is 0 Å². The summed E-state index contributed by atoms with van der Waals surface area (Å²) < 4.78 is 79.6. The Labute approximate surface area is 94.0 Å². The standard InChI is InChI=1S/C4H8FN3O2.4F2/c1-10-3-6-4(9)8-7-2-5;4*1-2/h2H,3H2,1H3,(H2,6,8,9);;;;. The molecular formula is C4H8F9N3O2. The van der Waals surface area contributed by atoms with E-state index < -0.39 is 6.03 Å². The number of nitrogens with one attached hydrogen (secondary N) is 2. The van der Waals surface area contributed by atoms with Gasteiger partial charge in [0.2, 0.25) is 0 Å². The third-order valence-electron chi connectivity index (χ3n) is 0.592. The van der Waals surface area contributed by atoms with Crippen molar-refractivity contribution in [2.75, 3.05) is 13.8 Å². The van der Waals surface area contributed by atoms with Crippen LogP contribution in [0, 0.1) is 0 Å². The SMILES string of the molecule is COCNC(=O)NN=CF.FF.FF.FF.FF. The molecule has 0 aliphatic carbocycles. The Kier molecular flexibility index (Phi) is 97.6. The molecule has 0 unspecified atom stereocenters. The summed E-state index contributed by atoms with van der Waals surface area (Å²) in [7, 11) is 1.42. The molecule has 0 bridgehead atoms. The summed E-state index contributed by atoms with van der Waals surface area (Å²) in [5, 5.41) is 5.03. The molecular weight excluding hydrogens is 293 g/mol. The van der Waals surface area contributed by atoms with Crippen LogP contribution in [0.3, 0.4) is 0 Å². The molecule has 14 heteroatoms. The number of hydrazone groups is 1. The van der Waals surface area contributed by atoms with E-state index in [1.54, 1.807) is 0 Å². The Morgan fingerprint density at radius 1 is 1.11 bits per heavy atom. The van der Waals surface area contributed by atoms with Gasteiger partial charge in [-0.3, -0.25) is 0 Å². The summed E-state index contributed by atoms with van der Waals surface area (Å²) >= 11 is 0. The van der Waals surface area contributed by atoms with Crippen LogP contribution in [0.5, 0.6) is 0 Å². The van der Waals surface area contributed by atoms with E-state index in [1.807, 2.05) is 5.43 Å². The van der Waals surface area contributed by atoms with E-state index in [9.17, 15) is 9.18 Å². The summed E-state index contributed by atoms with van der Waals surface area (Å²) in [5.74, 6) is 0. The molecule has 18 heavy (non-hydrogen) atoms. The van der Waals surface area contributed by atoms with Crippen LogP contribution in [-0.2, 0) is 4.74 Å². The molecule has 5 nitrogen and oxygen atoms in total. The summed E-state index contributed by atoms with van der Waals surface area (Å²) in [4.78, 5) is 10.4. The molecule has 0 aromatic heterocycles. The van der Waals surface area contributed by atoms with Crippen LogP contribution in [0.2, 0.25) is 0 Å². The van der Waals surface area contributed by atoms with Gasteiger partial charge in [0.1, 0.15) is 6.73 Å². The van der Waals surface area contributed by atoms with Crippen LogP contribution < -0.4 is 10.7 Å². The number of carbonyl (C=O) groups is 1. The maximum Gasteiger partial charge on any atom is 0.337 e. The zero-order valence-corrected chi connectivity index (χ0v) is 8.45. The van der Waals surface area contributed by atoms with Gasteiger partial charge in [0.15, 0.2) is 6.47 Å². The molecule has 0 radical (unpaired) electrons.